The third kappa shape index (κ3) is 2.58. The van der Waals surface area contributed by atoms with Gasteiger partial charge in [0.1, 0.15) is 0 Å². The zero-order valence-electron chi connectivity index (χ0n) is 12.3. The zero-order valence-corrected chi connectivity index (χ0v) is 12.3. The third-order valence-electron chi connectivity index (χ3n) is 3.30. The molecule has 114 valence electrons. The summed E-state index contributed by atoms with van der Waals surface area (Å²) in [7, 11) is 0. The van der Waals surface area contributed by atoms with Gasteiger partial charge in [0.15, 0.2) is 0 Å². The van der Waals surface area contributed by atoms with E-state index in [-0.39, 0.29) is 12.5 Å². The van der Waals surface area contributed by atoms with Crippen molar-refractivity contribution >= 4 is 16.8 Å². The van der Waals surface area contributed by atoms with Gasteiger partial charge in [0.25, 0.3) is 0 Å². The van der Waals surface area contributed by atoms with Crippen LogP contribution < -0.4 is 5.32 Å². The van der Waals surface area contributed by atoms with Crippen LogP contribution in [0.25, 0.3) is 22.3 Å². The van der Waals surface area contributed by atoms with Crippen LogP contribution in [-0.2, 0) is 0 Å². The molecule has 0 atom stereocenters. The molecule has 1 amide bonds. The molecule has 7 heteroatoms. The fourth-order valence-corrected chi connectivity index (χ4v) is 2.11. The molecule has 0 aliphatic rings. The summed E-state index contributed by atoms with van der Waals surface area (Å²) in [5, 5.41) is 16.6. The van der Waals surface area contributed by atoms with E-state index in [1.54, 1.807) is 13.8 Å². The highest BCUT2D eigenvalue weighted by Gasteiger charge is 2.24. The first-order chi connectivity index (χ1) is 10.5. The van der Waals surface area contributed by atoms with E-state index in [4.69, 9.17) is 4.52 Å². The van der Waals surface area contributed by atoms with Crippen LogP contribution in [0.3, 0.4) is 0 Å². The Kier molecular flexibility index (Phi) is 3.42. The molecule has 0 spiro atoms. The molecule has 2 heterocycles. The summed E-state index contributed by atoms with van der Waals surface area (Å²) in [6, 6.07) is 7.59. The second-order valence-corrected chi connectivity index (χ2v) is 5.66. The number of carbonyl (C=O) groups excluding carboxylic acids is 1. The van der Waals surface area contributed by atoms with Crippen molar-refractivity contribution in [3.05, 3.63) is 36.4 Å². The summed E-state index contributed by atoms with van der Waals surface area (Å²) < 4.78 is 5.03. The van der Waals surface area contributed by atoms with Crippen LogP contribution in [0.15, 0.2) is 35.0 Å². The lowest BCUT2D eigenvalue weighted by Crippen LogP contribution is -2.46. The SMILES string of the molecule is CC(C)(CO)NC(=O)c1nc(-c2cccc3[nH]ccc23)no1. The topological polar surface area (TPSA) is 104 Å². The van der Waals surface area contributed by atoms with Gasteiger partial charge in [-0.2, -0.15) is 4.98 Å². The molecule has 0 radical (unpaired) electrons. The normalized spacial score (nSPS) is 11.8. The van der Waals surface area contributed by atoms with Crippen molar-refractivity contribution in [1.29, 1.82) is 0 Å². The van der Waals surface area contributed by atoms with E-state index in [0.29, 0.717) is 5.82 Å². The Balaban J connectivity index is 1.91. The molecule has 0 aliphatic carbocycles. The molecule has 3 rings (SSSR count). The highest BCUT2D eigenvalue weighted by molar-refractivity contribution is 5.94. The Morgan fingerprint density at radius 3 is 3.00 bits per heavy atom. The molecule has 2 aromatic heterocycles. The number of hydrogen-bond acceptors (Lipinski definition) is 5. The second kappa shape index (κ2) is 5.27. The lowest BCUT2D eigenvalue weighted by atomic mass is 10.1. The van der Waals surface area contributed by atoms with Gasteiger partial charge in [-0.05, 0) is 26.0 Å². The molecule has 1 aromatic carbocycles. The molecule has 0 unspecified atom stereocenters. The van der Waals surface area contributed by atoms with Crippen LogP contribution in [0.5, 0.6) is 0 Å². The molecule has 0 saturated carbocycles. The van der Waals surface area contributed by atoms with Crippen LogP contribution in [0, 0.1) is 0 Å². The van der Waals surface area contributed by atoms with Gasteiger partial charge in [0.2, 0.25) is 5.82 Å². The molecule has 3 N–H and O–H groups in total. The van der Waals surface area contributed by atoms with E-state index in [0.717, 1.165) is 16.5 Å². The summed E-state index contributed by atoms with van der Waals surface area (Å²) >= 11 is 0. The maximum Gasteiger partial charge on any atom is 0.316 e. The molecule has 0 aliphatic heterocycles. The van der Waals surface area contributed by atoms with Gasteiger partial charge in [0.05, 0.1) is 12.1 Å². The summed E-state index contributed by atoms with van der Waals surface area (Å²) in [5.74, 6) is -0.305. The van der Waals surface area contributed by atoms with Crippen LogP contribution in [0.4, 0.5) is 0 Å². The van der Waals surface area contributed by atoms with Crippen molar-refractivity contribution < 1.29 is 14.4 Å². The molecule has 22 heavy (non-hydrogen) atoms. The highest BCUT2D eigenvalue weighted by atomic mass is 16.5. The lowest BCUT2D eigenvalue weighted by Gasteiger charge is -2.21. The van der Waals surface area contributed by atoms with E-state index in [2.05, 4.69) is 20.4 Å². The number of hydrogen-bond donors (Lipinski definition) is 3. The fraction of sp³-hybridized carbons (Fsp3) is 0.267. The molecule has 3 aromatic rings. The molecule has 0 fully saturated rings. The molecule has 0 bridgehead atoms. The number of fused-ring (bicyclic) bond motifs is 1. The average molecular weight is 300 g/mol. The van der Waals surface area contributed by atoms with Crippen molar-refractivity contribution in [2.75, 3.05) is 6.61 Å². The van der Waals surface area contributed by atoms with E-state index in [9.17, 15) is 9.90 Å². The van der Waals surface area contributed by atoms with E-state index in [1.807, 2.05) is 30.5 Å². The summed E-state index contributed by atoms with van der Waals surface area (Å²) in [5.41, 5.74) is 0.976. The monoisotopic (exact) mass is 300 g/mol. The smallest absolute Gasteiger partial charge is 0.316 e. The molecular formula is C15H16N4O3. The first-order valence-corrected chi connectivity index (χ1v) is 6.84. The second-order valence-electron chi connectivity index (χ2n) is 5.66. The lowest BCUT2D eigenvalue weighted by molar-refractivity contribution is 0.0825. The first kappa shape index (κ1) is 14.3. The predicted octanol–water partition coefficient (Wildman–Crippen LogP) is 1.72. The van der Waals surface area contributed by atoms with Gasteiger partial charge in [-0.15, -0.1) is 0 Å². The number of aliphatic hydroxyl groups is 1. The standard InChI is InChI=1S/C15H16N4O3/c1-15(2,8-20)18-13(21)14-17-12(19-22-14)10-4-3-5-11-9(10)6-7-16-11/h3-7,16,20H,8H2,1-2H3,(H,18,21). The number of rotatable bonds is 4. The average Bonchev–Trinajstić information content (AvgIpc) is 3.15. The summed E-state index contributed by atoms with van der Waals surface area (Å²) in [6.07, 6.45) is 1.83. The quantitative estimate of drug-likeness (QED) is 0.680. The maximum atomic E-state index is 12.1. The Morgan fingerprint density at radius 2 is 2.23 bits per heavy atom. The molecule has 7 nitrogen and oxygen atoms in total. The molecular weight excluding hydrogens is 284 g/mol. The number of nitrogens with one attached hydrogen (secondary N) is 2. The van der Waals surface area contributed by atoms with E-state index < -0.39 is 11.4 Å². The number of carbonyl (C=O) groups is 1. The van der Waals surface area contributed by atoms with Crippen molar-refractivity contribution in [1.82, 2.24) is 20.4 Å². The minimum atomic E-state index is -0.758. The fourth-order valence-electron chi connectivity index (χ4n) is 2.11. The van der Waals surface area contributed by atoms with Gasteiger partial charge in [-0.3, -0.25) is 4.79 Å². The Morgan fingerprint density at radius 1 is 1.41 bits per heavy atom. The number of aliphatic hydroxyl groups excluding tert-OH is 1. The highest BCUT2D eigenvalue weighted by Crippen LogP contribution is 2.25. The van der Waals surface area contributed by atoms with Gasteiger partial charge in [-0.1, -0.05) is 17.3 Å². The van der Waals surface area contributed by atoms with Crippen molar-refractivity contribution in [2.45, 2.75) is 19.4 Å². The Bertz CT molecular complexity index is 819. The number of benzene rings is 1. The third-order valence-corrected chi connectivity index (χ3v) is 3.30. The van der Waals surface area contributed by atoms with Crippen LogP contribution in [-0.4, -0.2) is 38.3 Å². The van der Waals surface area contributed by atoms with Crippen molar-refractivity contribution in [3.8, 4) is 11.4 Å². The zero-order chi connectivity index (χ0) is 15.7. The number of aromatic amines is 1. The van der Waals surface area contributed by atoms with E-state index >= 15 is 0 Å². The predicted molar refractivity (Wildman–Crippen MR) is 80.2 cm³/mol. The number of aromatic nitrogens is 3. The minimum absolute atomic E-state index is 0.135. The Hall–Kier alpha value is -2.67. The van der Waals surface area contributed by atoms with Crippen LogP contribution in [0.2, 0.25) is 0 Å². The van der Waals surface area contributed by atoms with E-state index in [1.165, 1.54) is 0 Å². The van der Waals surface area contributed by atoms with Gasteiger partial charge in [0, 0.05) is 22.7 Å². The summed E-state index contributed by atoms with van der Waals surface area (Å²) in [6.45, 7) is 3.20. The minimum Gasteiger partial charge on any atom is -0.394 e. The largest absolute Gasteiger partial charge is 0.394 e. The molecule has 0 saturated heterocycles. The van der Waals surface area contributed by atoms with Gasteiger partial charge >= 0.3 is 11.8 Å². The van der Waals surface area contributed by atoms with Crippen LogP contribution >= 0.6 is 0 Å². The number of amides is 1. The van der Waals surface area contributed by atoms with Crippen molar-refractivity contribution in [3.63, 3.8) is 0 Å². The van der Waals surface area contributed by atoms with Gasteiger partial charge < -0.3 is 19.9 Å². The Labute approximate surface area is 126 Å². The maximum absolute atomic E-state index is 12.1. The van der Waals surface area contributed by atoms with Gasteiger partial charge in [-0.25, -0.2) is 0 Å². The number of H-pyrrole nitrogens is 1. The number of nitrogens with zero attached hydrogens (tertiary/aromatic N) is 2. The summed E-state index contributed by atoms with van der Waals surface area (Å²) in [4.78, 5) is 19.3. The first-order valence-electron chi connectivity index (χ1n) is 6.84. The van der Waals surface area contributed by atoms with Crippen LogP contribution in [0.1, 0.15) is 24.5 Å². The van der Waals surface area contributed by atoms with Crippen molar-refractivity contribution in [2.24, 2.45) is 0 Å².